The lowest BCUT2D eigenvalue weighted by Gasteiger charge is -2.41. The van der Waals surface area contributed by atoms with Gasteiger partial charge >= 0.3 is 0 Å². The molecule has 4 rings (SSSR count). The van der Waals surface area contributed by atoms with Gasteiger partial charge in [0, 0.05) is 36.9 Å². The SMILES string of the molecule is C=CCNC(=O)[C@]1(Cc2ccc(-c3cccs3)cc2)CCCN(C(=O)c2cnccn2)C1. The molecule has 1 aliphatic rings. The van der Waals surface area contributed by atoms with Crippen molar-refractivity contribution in [1.29, 1.82) is 0 Å². The van der Waals surface area contributed by atoms with Gasteiger partial charge in [-0.1, -0.05) is 36.4 Å². The van der Waals surface area contributed by atoms with E-state index in [1.165, 1.54) is 17.3 Å². The molecule has 7 heteroatoms. The van der Waals surface area contributed by atoms with Crippen molar-refractivity contribution < 1.29 is 9.59 Å². The maximum atomic E-state index is 13.3. The Morgan fingerprint density at radius 1 is 1.22 bits per heavy atom. The van der Waals surface area contributed by atoms with E-state index < -0.39 is 5.41 Å². The number of rotatable bonds is 7. The third kappa shape index (κ3) is 4.78. The van der Waals surface area contributed by atoms with Crippen molar-refractivity contribution in [3.8, 4) is 10.4 Å². The Kier molecular flexibility index (Phi) is 6.75. The van der Waals surface area contributed by atoms with Gasteiger partial charge in [-0.3, -0.25) is 14.6 Å². The Morgan fingerprint density at radius 2 is 2.06 bits per heavy atom. The molecular formula is C25H26N4O2S. The molecule has 0 radical (unpaired) electrons. The number of carbonyl (C=O) groups is 2. The van der Waals surface area contributed by atoms with Crippen LogP contribution in [0.4, 0.5) is 0 Å². The Morgan fingerprint density at radius 3 is 2.75 bits per heavy atom. The van der Waals surface area contributed by atoms with Crippen molar-refractivity contribution in [2.24, 2.45) is 5.41 Å². The monoisotopic (exact) mass is 446 g/mol. The third-order valence-corrected chi connectivity index (χ3v) is 6.76. The van der Waals surface area contributed by atoms with E-state index in [0.29, 0.717) is 38.2 Å². The standard InChI is InChI=1S/C25H26N4O2S/c1-2-11-28-24(31)25(16-19-6-8-20(9-7-19)22-5-3-15-32-22)10-4-14-29(18-25)23(30)21-17-26-12-13-27-21/h2-3,5-9,12-13,15,17H,1,4,10-11,14,16,18H2,(H,28,31)/t25-/m0/s1. The second-order valence-electron chi connectivity index (χ2n) is 8.05. The summed E-state index contributed by atoms with van der Waals surface area (Å²) in [5, 5.41) is 5.04. The highest BCUT2D eigenvalue weighted by Gasteiger charge is 2.43. The number of thiophene rings is 1. The molecule has 2 aromatic heterocycles. The second-order valence-corrected chi connectivity index (χ2v) is 9.00. The quantitative estimate of drug-likeness (QED) is 0.557. The molecule has 1 fully saturated rings. The summed E-state index contributed by atoms with van der Waals surface area (Å²) >= 11 is 1.70. The van der Waals surface area contributed by atoms with Gasteiger partial charge in [-0.25, -0.2) is 4.98 Å². The van der Waals surface area contributed by atoms with Gasteiger partial charge in [0.2, 0.25) is 5.91 Å². The minimum Gasteiger partial charge on any atom is -0.352 e. The predicted octanol–water partition coefficient (Wildman–Crippen LogP) is 3.97. The first-order chi connectivity index (χ1) is 15.6. The molecule has 2 amide bonds. The number of aromatic nitrogens is 2. The third-order valence-electron chi connectivity index (χ3n) is 5.84. The van der Waals surface area contributed by atoms with Crippen molar-refractivity contribution in [2.75, 3.05) is 19.6 Å². The smallest absolute Gasteiger partial charge is 0.274 e. The summed E-state index contributed by atoms with van der Waals surface area (Å²) in [5.74, 6) is -0.233. The molecule has 164 valence electrons. The number of piperidine rings is 1. The Balaban J connectivity index is 1.58. The zero-order valence-corrected chi connectivity index (χ0v) is 18.7. The van der Waals surface area contributed by atoms with E-state index in [-0.39, 0.29) is 11.8 Å². The molecule has 1 saturated heterocycles. The Bertz CT molecular complexity index is 1070. The van der Waals surface area contributed by atoms with Gasteiger partial charge in [0.05, 0.1) is 11.6 Å². The van der Waals surface area contributed by atoms with Gasteiger partial charge < -0.3 is 10.2 Å². The highest BCUT2D eigenvalue weighted by atomic mass is 32.1. The lowest BCUT2D eigenvalue weighted by molar-refractivity contribution is -0.133. The number of likely N-dealkylation sites (tertiary alicyclic amines) is 1. The average Bonchev–Trinajstić information content (AvgIpc) is 3.38. The molecule has 0 bridgehead atoms. The van der Waals surface area contributed by atoms with E-state index in [2.05, 4.69) is 57.6 Å². The molecule has 6 nitrogen and oxygen atoms in total. The fraction of sp³-hybridized carbons (Fsp3) is 0.280. The summed E-state index contributed by atoms with van der Waals surface area (Å²) in [6, 6.07) is 12.5. The van der Waals surface area contributed by atoms with Crippen LogP contribution in [0.5, 0.6) is 0 Å². The molecule has 0 spiro atoms. The number of amides is 2. The van der Waals surface area contributed by atoms with E-state index in [1.54, 1.807) is 28.5 Å². The largest absolute Gasteiger partial charge is 0.352 e. The van der Waals surface area contributed by atoms with Crippen LogP contribution in [0, 0.1) is 5.41 Å². The first-order valence-corrected chi connectivity index (χ1v) is 11.6. The fourth-order valence-corrected chi connectivity index (χ4v) is 4.99. The molecular weight excluding hydrogens is 420 g/mol. The number of hydrogen-bond donors (Lipinski definition) is 1. The van der Waals surface area contributed by atoms with Crippen molar-refractivity contribution >= 4 is 23.2 Å². The molecule has 1 aromatic carbocycles. The molecule has 0 aliphatic carbocycles. The molecule has 1 N–H and O–H groups in total. The lowest BCUT2D eigenvalue weighted by atomic mass is 9.74. The highest BCUT2D eigenvalue weighted by Crippen LogP contribution is 2.35. The van der Waals surface area contributed by atoms with E-state index in [9.17, 15) is 9.59 Å². The minimum atomic E-state index is -0.705. The second kappa shape index (κ2) is 9.87. The van der Waals surface area contributed by atoms with E-state index in [0.717, 1.165) is 17.5 Å². The van der Waals surface area contributed by atoms with Crippen LogP contribution in [-0.2, 0) is 11.2 Å². The van der Waals surface area contributed by atoms with Crippen LogP contribution in [0.3, 0.4) is 0 Å². The molecule has 1 atom stereocenters. The van der Waals surface area contributed by atoms with Crippen molar-refractivity contribution in [2.45, 2.75) is 19.3 Å². The summed E-state index contributed by atoms with van der Waals surface area (Å²) < 4.78 is 0. The number of hydrogen-bond acceptors (Lipinski definition) is 5. The van der Waals surface area contributed by atoms with Crippen LogP contribution >= 0.6 is 11.3 Å². The number of nitrogens with zero attached hydrogens (tertiary/aromatic N) is 3. The Labute approximate surface area is 192 Å². The van der Waals surface area contributed by atoms with E-state index in [1.807, 2.05) is 6.07 Å². The van der Waals surface area contributed by atoms with E-state index in [4.69, 9.17) is 0 Å². The van der Waals surface area contributed by atoms with Crippen LogP contribution in [0.25, 0.3) is 10.4 Å². The van der Waals surface area contributed by atoms with Crippen LogP contribution in [0.2, 0.25) is 0 Å². The van der Waals surface area contributed by atoms with Gasteiger partial charge in [0.1, 0.15) is 5.69 Å². The summed E-state index contributed by atoms with van der Waals surface area (Å²) in [6.45, 7) is 5.05. The van der Waals surface area contributed by atoms with Crippen LogP contribution in [-0.4, -0.2) is 46.3 Å². The van der Waals surface area contributed by atoms with Gasteiger partial charge in [0.15, 0.2) is 0 Å². The maximum absolute atomic E-state index is 13.3. The molecule has 1 aliphatic heterocycles. The fourth-order valence-electron chi connectivity index (χ4n) is 4.26. The van der Waals surface area contributed by atoms with Crippen LogP contribution in [0.1, 0.15) is 28.9 Å². The normalized spacial score (nSPS) is 18.2. The number of carbonyl (C=O) groups excluding carboxylic acids is 2. The van der Waals surface area contributed by atoms with Crippen LogP contribution < -0.4 is 5.32 Å². The topological polar surface area (TPSA) is 75.2 Å². The predicted molar refractivity (Wildman–Crippen MR) is 126 cm³/mol. The average molecular weight is 447 g/mol. The molecule has 32 heavy (non-hydrogen) atoms. The van der Waals surface area contributed by atoms with Crippen molar-refractivity contribution in [1.82, 2.24) is 20.2 Å². The van der Waals surface area contributed by atoms with Crippen molar-refractivity contribution in [3.63, 3.8) is 0 Å². The minimum absolute atomic E-state index is 0.0450. The van der Waals surface area contributed by atoms with Gasteiger partial charge in [0.25, 0.3) is 5.91 Å². The zero-order chi connectivity index (χ0) is 22.4. The zero-order valence-electron chi connectivity index (χ0n) is 17.9. The summed E-state index contributed by atoms with van der Waals surface area (Å²) in [7, 11) is 0. The maximum Gasteiger partial charge on any atom is 0.274 e. The summed E-state index contributed by atoms with van der Waals surface area (Å²) in [6.07, 6.45) is 8.22. The first kappa shape index (κ1) is 21.9. The van der Waals surface area contributed by atoms with Gasteiger partial charge in [-0.05, 0) is 41.8 Å². The van der Waals surface area contributed by atoms with Gasteiger partial charge in [-0.15, -0.1) is 17.9 Å². The molecule has 0 saturated carbocycles. The molecule has 0 unspecified atom stereocenters. The first-order valence-electron chi connectivity index (χ1n) is 10.7. The van der Waals surface area contributed by atoms with E-state index >= 15 is 0 Å². The lowest BCUT2D eigenvalue weighted by Crippen LogP contribution is -2.54. The molecule has 3 aromatic rings. The van der Waals surface area contributed by atoms with Gasteiger partial charge in [-0.2, -0.15) is 0 Å². The summed E-state index contributed by atoms with van der Waals surface area (Å²) in [4.78, 5) is 37.5. The Hall–Kier alpha value is -3.32. The number of benzene rings is 1. The van der Waals surface area contributed by atoms with Crippen molar-refractivity contribution in [3.05, 3.63) is 84.3 Å². The number of nitrogens with one attached hydrogen (secondary N) is 1. The summed E-state index contributed by atoms with van der Waals surface area (Å²) in [5.41, 5.74) is 1.84. The highest BCUT2D eigenvalue weighted by molar-refractivity contribution is 7.13. The molecule has 3 heterocycles. The van der Waals surface area contributed by atoms with Crippen LogP contribution in [0.15, 0.2) is 73.0 Å².